The van der Waals surface area contributed by atoms with Crippen molar-refractivity contribution in [1.82, 2.24) is 5.32 Å². The summed E-state index contributed by atoms with van der Waals surface area (Å²) in [6, 6.07) is 6.01. The van der Waals surface area contributed by atoms with Gasteiger partial charge in [0, 0.05) is 29.4 Å². The number of aryl methyl sites for hydroxylation is 1. The maximum atomic E-state index is 10.8. The second-order valence-electron chi connectivity index (χ2n) is 4.89. The first-order valence-corrected chi connectivity index (χ1v) is 6.33. The van der Waals surface area contributed by atoms with Gasteiger partial charge in [0.1, 0.15) is 0 Å². The molecule has 1 heterocycles. The molecular weight excluding hydrogens is 230 g/mol. The first-order chi connectivity index (χ1) is 8.58. The van der Waals surface area contributed by atoms with Crippen LogP contribution in [0.3, 0.4) is 0 Å². The first-order valence-electron chi connectivity index (χ1n) is 6.33. The standard InChI is InChI=1S/C13H19N3O2/c1-9-8-11(5-6-13(9)16(17)18)15-12-4-3-7-14-10(12)2/h5-6,8,10,12,14-15H,3-4,7H2,1-2H3. The third kappa shape index (κ3) is 2.79. The van der Waals surface area contributed by atoms with Gasteiger partial charge in [-0.05, 0) is 45.4 Å². The molecule has 2 unspecified atom stereocenters. The van der Waals surface area contributed by atoms with Gasteiger partial charge in [-0.3, -0.25) is 10.1 Å². The number of nitro groups is 1. The zero-order valence-electron chi connectivity index (χ0n) is 10.8. The van der Waals surface area contributed by atoms with Gasteiger partial charge in [0.05, 0.1) is 4.92 Å². The predicted molar refractivity (Wildman–Crippen MR) is 71.9 cm³/mol. The number of nitrogens with zero attached hydrogens (tertiary/aromatic N) is 1. The highest BCUT2D eigenvalue weighted by molar-refractivity contribution is 5.54. The van der Waals surface area contributed by atoms with E-state index in [-0.39, 0.29) is 10.6 Å². The number of rotatable bonds is 3. The van der Waals surface area contributed by atoms with Crippen molar-refractivity contribution in [3.63, 3.8) is 0 Å². The van der Waals surface area contributed by atoms with Crippen LogP contribution in [-0.2, 0) is 0 Å². The summed E-state index contributed by atoms with van der Waals surface area (Å²) in [5.41, 5.74) is 1.83. The SMILES string of the molecule is Cc1cc(NC2CCCNC2C)ccc1[N+](=O)[O-]. The summed E-state index contributed by atoms with van der Waals surface area (Å²) >= 11 is 0. The van der Waals surface area contributed by atoms with E-state index in [1.54, 1.807) is 19.1 Å². The van der Waals surface area contributed by atoms with Crippen molar-refractivity contribution in [2.45, 2.75) is 38.8 Å². The highest BCUT2D eigenvalue weighted by atomic mass is 16.6. The van der Waals surface area contributed by atoms with Crippen molar-refractivity contribution in [2.75, 3.05) is 11.9 Å². The summed E-state index contributed by atoms with van der Waals surface area (Å²) in [5.74, 6) is 0. The maximum Gasteiger partial charge on any atom is 0.272 e. The van der Waals surface area contributed by atoms with Gasteiger partial charge < -0.3 is 10.6 Å². The molecule has 18 heavy (non-hydrogen) atoms. The minimum absolute atomic E-state index is 0.176. The monoisotopic (exact) mass is 249 g/mol. The van der Waals surface area contributed by atoms with Crippen molar-refractivity contribution in [3.05, 3.63) is 33.9 Å². The van der Waals surface area contributed by atoms with Crippen LogP contribution in [0.2, 0.25) is 0 Å². The minimum Gasteiger partial charge on any atom is -0.381 e. The van der Waals surface area contributed by atoms with Gasteiger partial charge in [0.25, 0.3) is 5.69 Å². The zero-order chi connectivity index (χ0) is 13.1. The fraction of sp³-hybridized carbons (Fsp3) is 0.538. The number of nitro benzene ring substituents is 1. The number of anilines is 1. The van der Waals surface area contributed by atoms with Crippen LogP contribution in [0, 0.1) is 17.0 Å². The van der Waals surface area contributed by atoms with Crippen molar-refractivity contribution < 1.29 is 4.92 Å². The van der Waals surface area contributed by atoms with Crippen LogP contribution in [0.4, 0.5) is 11.4 Å². The Morgan fingerprint density at radius 1 is 1.50 bits per heavy atom. The number of nitrogens with one attached hydrogen (secondary N) is 2. The van der Waals surface area contributed by atoms with Gasteiger partial charge in [-0.1, -0.05) is 0 Å². The molecule has 2 N–H and O–H groups in total. The van der Waals surface area contributed by atoms with Crippen LogP contribution < -0.4 is 10.6 Å². The molecule has 5 nitrogen and oxygen atoms in total. The lowest BCUT2D eigenvalue weighted by Crippen LogP contribution is -2.46. The Morgan fingerprint density at radius 3 is 2.89 bits per heavy atom. The van der Waals surface area contributed by atoms with E-state index < -0.39 is 0 Å². The Bertz CT molecular complexity index is 448. The largest absolute Gasteiger partial charge is 0.381 e. The lowest BCUT2D eigenvalue weighted by atomic mass is 9.99. The van der Waals surface area contributed by atoms with Crippen LogP contribution in [0.15, 0.2) is 18.2 Å². The molecule has 0 bridgehead atoms. The van der Waals surface area contributed by atoms with E-state index in [0.29, 0.717) is 17.6 Å². The summed E-state index contributed by atoms with van der Waals surface area (Å²) in [4.78, 5) is 10.4. The third-order valence-electron chi connectivity index (χ3n) is 3.51. The molecule has 0 saturated carbocycles. The van der Waals surface area contributed by atoms with Crippen molar-refractivity contribution in [3.8, 4) is 0 Å². The van der Waals surface area contributed by atoms with Gasteiger partial charge in [0.15, 0.2) is 0 Å². The average molecular weight is 249 g/mol. The summed E-state index contributed by atoms with van der Waals surface area (Å²) in [6.45, 7) is 5.00. The van der Waals surface area contributed by atoms with Crippen LogP contribution >= 0.6 is 0 Å². The molecule has 1 saturated heterocycles. The van der Waals surface area contributed by atoms with Gasteiger partial charge in [-0.15, -0.1) is 0 Å². The van der Waals surface area contributed by atoms with Crippen molar-refractivity contribution >= 4 is 11.4 Å². The van der Waals surface area contributed by atoms with Crippen LogP contribution in [-0.4, -0.2) is 23.6 Å². The molecule has 0 amide bonds. The molecular formula is C13H19N3O2. The fourth-order valence-corrected chi connectivity index (χ4v) is 2.41. The molecule has 1 aliphatic rings. The second kappa shape index (κ2) is 5.35. The topological polar surface area (TPSA) is 67.2 Å². The average Bonchev–Trinajstić information content (AvgIpc) is 2.32. The van der Waals surface area contributed by atoms with E-state index in [2.05, 4.69) is 17.6 Å². The van der Waals surface area contributed by atoms with Crippen molar-refractivity contribution in [1.29, 1.82) is 0 Å². The molecule has 1 fully saturated rings. The maximum absolute atomic E-state index is 10.8. The van der Waals surface area contributed by atoms with E-state index >= 15 is 0 Å². The summed E-state index contributed by atoms with van der Waals surface area (Å²) in [7, 11) is 0. The summed E-state index contributed by atoms with van der Waals surface area (Å²) in [5, 5.41) is 17.6. The molecule has 1 aromatic rings. The molecule has 1 aromatic carbocycles. The summed E-state index contributed by atoms with van der Waals surface area (Å²) < 4.78 is 0. The van der Waals surface area contributed by atoms with E-state index in [9.17, 15) is 10.1 Å². The molecule has 0 radical (unpaired) electrons. The molecule has 0 aromatic heterocycles. The van der Waals surface area contributed by atoms with E-state index in [1.807, 2.05) is 6.07 Å². The zero-order valence-corrected chi connectivity index (χ0v) is 10.8. The Kier molecular flexibility index (Phi) is 3.81. The van der Waals surface area contributed by atoms with E-state index in [4.69, 9.17) is 0 Å². The Labute approximate surface area is 107 Å². The molecule has 2 atom stereocenters. The number of piperidine rings is 1. The van der Waals surface area contributed by atoms with Gasteiger partial charge in [-0.2, -0.15) is 0 Å². The molecule has 0 aliphatic carbocycles. The van der Waals surface area contributed by atoms with Crippen LogP contribution in [0.25, 0.3) is 0 Å². The van der Waals surface area contributed by atoms with E-state index in [1.165, 1.54) is 0 Å². The normalized spacial score (nSPS) is 23.7. The number of hydrogen-bond donors (Lipinski definition) is 2. The van der Waals surface area contributed by atoms with E-state index in [0.717, 1.165) is 25.1 Å². The molecule has 98 valence electrons. The Morgan fingerprint density at radius 2 is 2.28 bits per heavy atom. The third-order valence-corrected chi connectivity index (χ3v) is 3.51. The van der Waals surface area contributed by atoms with Crippen LogP contribution in [0.1, 0.15) is 25.3 Å². The Balaban J connectivity index is 2.10. The molecule has 5 heteroatoms. The van der Waals surface area contributed by atoms with Gasteiger partial charge in [-0.25, -0.2) is 0 Å². The quantitative estimate of drug-likeness (QED) is 0.638. The number of hydrogen-bond acceptors (Lipinski definition) is 4. The molecule has 1 aliphatic heterocycles. The minimum atomic E-state index is -0.343. The molecule has 0 spiro atoms. The lowest BCUT2D eigenvalue weighted by Gasteiger charge is -2.31. The summed E-state index contributed by atoms with van der Waals surface area (Å²) in [6.07, 6.45) is 2.29. The molecule has 2 rings (SSSR count). The highest BCUT2D eigenvalue weighted by Gasteiger charge is 2.20. The number of benzene rings is 1. The second-order valence-corrected chi connectivity index (χ2v) is 4.89. The lowest BCUT2D eigenvalue weighted by molar-refractivity contribution is -0.385. The first kappa shape index (κ1) is 12.8. The fourth-order valence-electron chi connectivity index (χ4n) is 2.41. The van der Waals surface area contributed by atoms with Crippen LogP contribution in [0.5, 0.6) is 0 Å². The van der Waals surface area contributed by atoms with Gasteiger partial charge in [0.2, 0.25) is 0 Å². The smallest absolute Gasteiger partial charge is 0.272 e. The highest BCUT2D eigenvalue weighted by Crippen LogP contribution is 2.23. The van der Waals surface area contributed by atoms with Crippen molar-refractivity contribution in [2.24, 2.45) is 0 Å². The predicted octanol–water partition coefficient (Wildman–Crippen LogP) is 2.46. The van der Waals surface area contributed by atoms with Gasteiger partial charge >= 0.3 is 0 Å². The Hall–Kier alpha value is -1.62.